The van der Waals surface area contributed by atoms with Crippen LogP contribution >= 0.6 is 12.4 Å². The number of furan rings is 1. The number of nitrogens with two attached hydrogens (primary N) is 1. The van der Waals surface area contributed by atoms with E-state index in [2.05, 4.69) is 5.32 Å². The molecule has 0 aliphatic carbocycles. The maximum atomic E-state index is 13.1. The molecule has 104 valence electrons. The van der Waals surface area contributed by atoms with Crippen molar-refractivity contribution < 1.29 is 13.6 Å². The number of amides is 1. The predicted molar refractivity (Wildman–Crippen MR) is 73.7 cm³/mol. The number of nitrogens with one attached hydrogen (secondary N) is 1. The highest BCUT2D eigenvalue weighted by atomic mass is 35.5. The summed E-state index contributed by atoms with van der Waals surface area (Å²) in [6.07, 6.45) is 0. The first-order valence-corrected chi connectivity index (χ1v) is 5.70. The van der Waals surface area contributed by atoms with Gasteiger partial charge in [0.1, 0.15) is 17.2 Å². The van der Waals surface area contributed by atoms with Crippen molar-refractivity contribution >= 4 is 29.3 Å². The Bertz CT molecular complexity index is 596. The SMILES string of the molecule is Cc1c(CNC(=O)[C@H](C)N)oc2ccc(F)cc12.Cl. The molecule has 1 atom stereocenters. The first-order chi connectivity index (χ1) is 8.49. The van der Waals surface area contributed by atoms with Crippen LogP contribution in [0.15, 0.2) is 22.6 Å². The van der Waals surface area contributed by atoms with Gasteiger partial charge < -0.3 is 15.5 Å². The molecule has 0 saturated carbocycles. The topological polar surface area (TPSA) is 68.3 Å². The van der Waals surface area contributed by atoms with Crippen LogP contribution in [0.5, 0.6) is 0 Å². The van der Waals surface area contributed by atoms with Gasteiger partial charge in [0.2, 0.25) is 5.91 Å². The van der Waals surface area contributed by atoms with Crippen molar-refractivity contribution in [3.8, 4) is 0 Å². The van der Waals surface area contributed by atoms with Crippen molar-refractivity contribution in [2.24, 2.45) is 5.73 Å². The quantitative estimate of drug-likeness (QED) is 0.909. The zero-order chi connectivity index (χ0) is 13.3. The summed E-state index contributed by atoms with van der Waals surface area (Å²) in [4.78, 5) is 11.4. The van der Waals surface area contributed by atoms with Gasteiger partial charge in [0, 0.05) is 10.9 Å². The third kappa shape index (κ3) is 3.24. The van der Waals surface area contributed by atoms with Crippen LogP contribution in [0.25, 0.3) is 11.0 Å². The highest BCUT2D eigenvalue weighted by Gasteiger charge is 2.13. The van der Waals surface area contributed by atoms with Gasteiger partial charge in [-0.2, -0.15) is 0 Å². The molecule has 0 unspecified atom stereocenters. The normalized spacial score (nSPS) is 12.0. The molecule has 1 heterocycles. The average Bonchev–Trinajstić information content (AvgIpc) is 2.63. The second kappa shape index (κ2) is 6.04. The Balaban J connectivity index is 0.00000180. The average molecular weight is 287 g/mol. The summed E-state index contributed by atoms with van der Waals surface area (Å²) in [6, 6.07) is 3.78. The third-order valence-electron chi connectivity index (χ3n) is 2.83. The standard InChI is InChI=1S/C13H15FN2O2.ClH/c1-7-10-5-9(14)3-4-11(10)18-12(7)6-16-13(17)8(2)15;/h3-5,8H,6,15H2,1-2H3,(H,16,17);1H/t8-;/m0./s1. The van der Waals surface area contributed by atoms with E-state index in [9.17, 15) is 9.18 Å². The number of fused-ring (bicyclic) bond motifs is 1. The van der Waals surface area contributed by atoms with Crippen LogP contribution in [0, 0.1) is 12.7 Å². The predicted octanol–water partition coefficient (Wildman–Crippen LogP) is 2.27. The van der Waals surface area contributed by atoms with Crippen molar-refractivity contribution in [2.45, 2.75) is 26.4 Å². The van der Waals surface area contributed by atoms with Crippen LogP contribution < -0.4 is 11.1 Å². The zero-order valence-corrected chi connectivity index (χ0v) is 11.5. The maximum absolute atomic E-state index is 13.1. The Labute approximate surface area is 116 Å². The highest BCUT2D eigenvalue weighted by Crippen LogP contribution is 2.25. The minimum atomic E-state index is -0.563. The summed E-state index contributed by atoms with van der Waals surface area (Å²) < 4.78 is 18.7. The van der Waals surface area contributed by atoms with Crippen molar-refractivity contribution in [3.05, 3.63) is 35.3 Å². The maximum Gasteiger partial charge on any atom is 0.237 e. The second-order valence-electron chi connectivity index (χ2n) is 4.30. The van der Waals surface area contributed by atoms with Gasteiger partial charge in [0.25, 0.3) is 0 Å². The van der Waals surface area contributed by atoms with E-state index in [4.69, 9.17) is 10.2 Å². The molecular formula is C13H16ClFN2O2. The van der Waals surface area contributed by atoms with E-state index >= 15 is 0 Å². The molecule has 0 bridgehead atoms. The Hall–Kier alpha value is -1.59. The first kappa shape index (κ1) is 15.5. The van der Waals surface area contributed by atoms with E-state index in [1.807, 2.05) is 6.92 Å². The van der Waals surface area contributed by atoms with E-state index in [0.29, 0.717) is 11.3 Å². The van der Waals surface area contributed by atoms with E-state index in [1.54, 1.807) is 13.0 Å². The molecular weight excluding hydrogens is 271 g/mol. The minimum absolute atomic E-state index is 0. The molecule has 0 aliphatic heterocycles. The number of carbonyl (C=O) groups excluding carboxylic acids is 1. The van der Waals surface area contributed by atoms with Gasteiger partial charge in [-0.1, -0.05) is 0 Å². The van der Waals surface area contributed by atoms with E-state index in [1.165, 1.54) is 12.1 Å². The van der Waals surface area contributed by atoms with Gasteiger partial charge in [-0.25, -0.2) is 4.39 Å². The summed E-state index contributed by atoms with van der Waals surface area (Å²) in [5.41, 5.74) is 6.88. The van der Waals surface area contributed by atoms with Crippen LogP contribution in [0.2, 0.25) is 0 Å². The van der Waals surface area contributed by atoms with Crippen LogP contribution in [0.1, 0.15) is 18.2 Å². The molecule has 6 heteroatoms. The number of hydrogen-bond acceptors (Lipinski definition) is 3. The van der Waals surface area contributed by atoms with Crippen molar-refractivity contribution in [1.82, 2.24) is 5.32 Å². The first-order valence-electron chi connectivity index (χ1n) is 5.70. The fourth-order valence-electron chi connectivity index (χ4n) is 1.74. The number of aryl methyl sites for hydroxylation is 1. The molecule has 1 aromatic heterocycles. The van der Waals surface area contributed by atoms with Crippen molar-refractivity contribution in [3.63, 3.8) is 0 Å². The number of rotatable bonds is 3. The molecule has 0 fully saturated rings. The number of hydrogen-bond donors (Lipinski definition) is 2. The van der Waals surface area contributed by atoms with Crippen LogP contribution in [-0.4, -0.2) is 11.9 Å². The Kier molecular flexibility index (Phi) is 4.91. The second-order valence-corrected chi connectivity index (χ2v) is 4.30. The van der Waals surface area contributed by atoms with Crippen LogP contribution in [0.4, 0.5) is 4.39 Å². The lowest BCUT2D eigenvalue weighted by atomic mass is 10.1. The lowest BCUT2D eigenvalue weighted by Crippen LogP contribution is -2.37. The molecule has 2 aromatic rings. The molecule has 0 saturated heterocycles. The monoisotopic (exact) mass is 286 g/mol. The van der Waals surface area contributed by atoms with Gasteiger partial charge in [0.05, 0.1) is 12.6 Å². The number of carbonyl (C=O) groups is 1. The molecule has 19 heavy (non-hydrogen) atoms. The molecule has 2 rings (SSSR count). The highest BCUT2D eigenvalue weighted by molar-refractivity contribution is 5.85. The van der Waals surface area contributed by atoms with Crippen LogP contribution in [0.3, 0.4) is 0 Å². The number of benzene rings is 1. The summed E-state index contributed by atoms with van der Waals surface area (Å²) in [7, 11) is 0. The van der Waals surface area contributed by atoms with Gasteiger partial charge in [-0.3, -0.25) is 4.79 Å². The lowest BCUT2D eigenvalue weighted by molar-refractivity contribution is -0.122. The van der Waals surface area contributed by atoms with E-state index in [-0.39, 0.29) is 30.7 Å². The van der Waals surface area contributed by atoms with Gasteiger partial charge >= 0.3 is 0 Å². The molecule has 3 N–H and O–H groups in total. The zero-order valence-electron chi connectivity index (χ0n) is 10.7. The van der Waals surface area contributed by atoms with Crippen LogP contribution in [-0.2, 0) is 11.3 Å². The fraction of sp³-hybridized carbons (Fsp3) is 0.308. The number of halogens is 2. The van der Waals surface area contributed by atoms with Crippen molar-refractivity contribution in [2.75, 3.05) is 0 Å². The Morgan fingerprint density at radius 3 is 2.84 bits per heavy atom. The minimum Gasteiger partial charge on any atom is -0.459 e. The largest absolute Gasteiger partial charge is 0.459 e. The third-order valence-corrected chi connectivity index (χ3v) is 2.83. The lowest BCUT2D eigenvalue weighted by Gasteiger charge is -2.06. The fourth-order valence-corrected chi connectivity index (χ4v) is 1.74. The smallest absolute Gasteiger partial charge is 0.237 e. The molecule has 1 aromatic carbocycles. The molecule has 0 radical (unpaired) electrons. The van der Waals surface area contributed by atoms with Gasteiger partial charge in [0.15, 0.2) is 0 Å². The van der Waals surface area contributed by atoms with Gasteiger partial charge in [-0.15, -0.1) is 12.4 Å². The van der Waals surface area contributed by atoms with E-state index < -0.39 is 6.04 Å². The van der Waals surface area contributed by atoms with Gasteiger partial charge in [-0.05, 0) is 32.0 Å². The van der Waals surface area contributed by atoms with E-state index in [0.717, 1.165) is 10.9 Å². The molecule has 0 spiro atoms. The summed E-state index contributed by atoms with van der Waals surface area (Å²) in [6.45, 7) is 3.69. The summed E-state index contributed by atoms with van der Waals surface area (Å²) >= 11 is 0. The Morgan fingerprint density at radius 2 is 2.21 bits per heavy atom. The molecule has 4 nitrogen and oxygen atoms in total. The van der Waals surface area contributed by atoms with Crippen molar-refractivity contribution in [1.29, 1.82) is 0 Å². The molecule has 1 amide bonds. The Morgan fingerprint density at radius 1 is 1.53 bits per heavy atom. The summed E-state index contributed by atoms with van der Waals surface area (Å²) in [5.74, 6) is 0.0585. The summed E-state index contributed by atoms with van der Waals surface area (Å²) in [5, 5.41) is 3.39. The molecule has 0 aliphatic rings.